The van der Waals surface area contributed by atoms with Gasteiger partial charge in [-0.2, -0.15) is 0 Å². The van der Waals surface area contributed by atoms with Gasteiger partial charge in [0.25, 0.3) is 0 Å². The molecule has 0 heterocycles. The Kier molecular flexibility index (Phi) is 6.95. The molecule has 0 saturated heterocycles. The second-order valence-corrected chi connectivity index (χ2v) is 7.33. The second-order valence-electron chi connectivity index (χ2n) is 7.33. The van der Waals surface area contributed by atoms with E-state index in [1.807, 2.05) is 39.0 Å². The Balaban J connectivity index is 2.71. The van der Waals surface area contributed by atoms with E-state index in [-0.39, 0.29) is 0 Å². The number of halogens is 2. The van der Waals surface area contributed by atoms with Gasteiger partial charge in [-0.15, -0.1) is 0 Å². The molecule has 3 heteroatoms. The smallest absolute Gasteiger partial charge is 0.149 e. The Hall–Kier alpha value is -2.68. The first kappa shape index (κ1) is 21.6. The van der Waals surface area contributed by atoms with Crippen molar-refractivity contribution in [3.8, 4) is 0 Å². The summed E-state index contributed by atoms with van der Waals surface area (Å²) >= 11 is 0. The lowest BCUT2D eigenvalue weighted by Crippen LogP contribution is -2.00. The van der Waals surface area contributed by atoms with Gasteiger partial charge >= 0.3 is 0 Å². The SMILES string of the molecule is C=C/C(=C/C(=C(C)/C(C)=C(\C=C/C)c1cc(F)c(N)c(F)c1)C1CC1)C(=C)C. The summed E-state index contributed by atoms with van der Waals surface area (Å²) in [5.74, 6) is -0.994. The van der Waals surface area contributed by atoms with E-state index >= 15 is 0 Å². The summed E-state index contributed by atoms with van der Waals surface area (Å²) in [7, 11) is 0. The van der Waals surface area contributed by atoms with Crippen LogP contribution in [-0.2, 0) is 0 Å². The molecule has 148 valence electrons. The van der Waals surface area contributed by atoms with Crippen molar-refractivity contribution in [1.82, 2.24) is 0 Å². The van der Waals surface area contributed by atoms with E-state index in [0.717, 1.165) is 40.7 Å². The summed E-state index contributed by atoms with van der Waals surface area (Å²) in [6, 6.07) is 2.58. The monoisotopic (exact) mass is 381 g/mol. The Labute approximate surface area is 167 Å². The Morgan fingerprint density at radius 3 is 2.11 bits per heavy atom. The zero-order valence-corrected chi connectivity index (χ0v) is 17.2. The normalized spacial score (nSPS) is 16.7. The summed E-state index contributed by atoms with van der Waals surface area (Å²) in [5, 5.41) is 0. The van der Waals surface area contributed by atoms with Gasteiger partial charge in [-0.25, -0.2) is 8.78 Å². The van der Waals surface area contributed by atoms with E-state index in [1.54, 1.807) is 0 Å². The largest absolute Gasteiger partial charge is 0.394 e. The van der Waals surface area contributed by atoms with Crippen molar-refractivity contribution < 1.29 is 8.78 Å². The van der Waals surface area contributed by atoms with Crippen LogP contribution in [0.2, 0.25) is 0 Å². The summed E-state index contributed by atoms with van der Waals surface area (Å²) in [5.41, 5.74) is 11.5. The standard InChI is InChI=1S/C25H29F2N/c1-7-9-21(20-13-23(26)25(28)24(27)14-20)16(5)17(6)22(19-10-11-19)12-18(8-2)15(3)4/h7-9,12-14,19H,2-3,10-11,28H2,1,4-6H3/b9-7-,18-12-,21-16+,22-17-. The third-order valence-corrected chi connectivity index (χ3v) is 5.16. The molecule has 1 nitrogen and oxygen atoms in total. The molecule has 1 saturated carbocycles. The predicted molar refractivity (Wildman–Crippen MR) is 117 cm³/mol. The molecule has 0 spiro atoms. The molecule has 1 aliphatic carbocycles. The van der Waals surface area contributed by atoms with Crippen LogP contribution in [0.25, 0.3) is 5.57 Å². The van der Waals surface area contributed by atoms with Crippen LogP contribution >= 0.6 is 0 Å². The summed E-state index contributed by atoms with van der Waals surface area (Å²) < 4.78 is 28.1. The van der Waals surface area contributed by atoms with Gasteiger partial charge in [0.05, 0.1) is 0 Å². The van der Waals surface area contributed by atoms with Crippen LogP contribution in [0, 0.1) is 17.6 Å². The molecule has 0 amide bonds. The van der Waals surface area contributed by atoms with Crippen molar-refractivity contribution >= 4 is 11.3 Å². The molecule has 0 bridgehead atoms. The molecule has 1 aromatic carbocycles. The highest BCUT2D eigenvalue weighted by Gasteiger charge is 2.27. The zero-order chi connectivity index (χ0) is 21.0. The number of nitrogens with two attached hydrogens (primary N) is 1. The third-order valence-electron chi connectivity index (χ3n) is 5.16. The maximum Gasteiger partial charge on any atom is 0.149 e. The molecule has 0 atom stereocenters. The van der Waals surface area contributed by atoms with E-state index < -0.39 is 17.3 Å². The lowest BCUT2D eigenvalue weighted by molar-refractivity contribution is 0.591. The van der Waals surface area contributed by atoms with E-state index in [0.29, 0.717) is 11.5 Å². The first-order valence-electron chi connectivity index (χ1n) is 9.50. The highest BCUT2D eigenvalue weighted by atomic mass is 19.1. The Bertz CT molecular complexity index is 899. The van der Waals surface area contributed by atoms with Crippen LogP contribution < -0.4 is 5.73 Å². The van der Waals surface area contributed by atoms with E-state index in [1.165, 1.54) is 17.7 Å². The minimum Gasteiger partial charge on any atom is -0.394 e. The average Bonchev–Trinajstić information content (AvgIpc) is 3.48. The zero-order valence-electron chi connectivity index (χ0n) is 17.2. The first-order valence-corrected chi connectivity index (χ1v) is 9.50. The van der Waals surface area contributed by atoms with Crippen LogP contribution in [0.15, 0.2) is 77.5 Å². The number of rotatable bonds is 7. The van der Waals surface area contributed by atoms with Crippen LogP contribution in [0.5, 0.6) is 0 Å². The number of hydrogen-bond donors (Lipinski definition) is 1. The summed E-state index contributed by atoms with van der Waals surface area (Å²) in [4.78, 5) is 0. The molecule has 0 aromatic heterocycles. The minimum atomic E-state index is -0.745. The van der Waals surface area contributed by atoms with Crippen LogP contribution in [0.3, 0.4) is 0 Å². The average molecular weight is 382 g/mol. The van der Waals surface area contributed by atoms with Gasteiger partial charge in [0.2, 0.25) is 0 Å². The second kappa shape index (κ2) is 9.01. The van der Waals surface area contributed by atoms with Gasteiger partial charge in [-0.3, -0.25) is 0 Å². The van der Waals surface area contributed by atoms with Gasteiger partial charge in [-0.05, 0) is 92.0 Å². The summed E-state index contributed by atoms with van der Waals surface area (Å²) in [6.07, 6.45) is 9.98. The van der Waals surface area contributed by atoms with Crippen LogP contribution in [-0.4, -0.2) is 0 Å². The Morgan fingerprint density at radius 1 is 1.11 bits per heavy atom. The highest BCUT2D eigenvalue weighted by molar-refractivity contribution is 5.80. The van der Waals surface area contributed by atoms with Crippen molar-refractivity contribution in [3.05, 3.63) is 94.7 Å². The van der Waals surface area contributed by atoms with Crippen molar-refractivity contribution in [2.45, 2.75) is 40.5 Å². The quantitative estimate of drug-likeness (QED) is 0.389. The molecule has 0 aliphatic heterocycles. The van der Waals surface area contributed by atoms with Crippen LogP contribution in [0.4, 0.5) is 14.5 Å². The highest BCUT2D eigenvalue weighted by Crippen LogP contribution is 2.42. The van der Waals surface area contributed by atoms with Gasteiger partial charge < -0.3 is 5.73 Å². The first-order chi connectivity index (χ1) is 13.2. The molecule has 2 N–H and O–H groups in total. The minimum absolute atomic E-state index is 0.452. The number of hydrogen-bond acceptors (Lipinski definition) is 1. The molecule has 0 radical (unpaired) electrons. The Morgan fingerprint density at radius 2 is 1.68 bits per heavy atom. The van der Waals surface area contributed by atoms with Gasteiger partial charge in [0.1, 0.15) is 17.3 Å². The lowest BCUT2D eigenvalue weighted by atomic mass is 9.90. The van der Waals surface area contributed by atoms with Gasteiger partial charge in [0, 0.05) is 0 Å². The predicted octanol–water partition coefficient (Wildman–Crippen LogP) is 7.31. The number of nitrogen functional groups attached to an aromatic ring is 1. The number of anilines is 1. The molecule has 1 fully saturated rings. The van der Waals surface area contributed by atoms with Crippen molar-refractivity contribution in [3.63, 3.8) is 0 Å². The molecule has 1 aliphatic rings. The van der Waals surface area contributed by atoms with Crippen molar-refractivity contribution in [2.75, 3.05) is 5.73 Å². The van der Waals surface area contributed by atoms with Gasteiger partial charge in [0.15, 0.2) is 0 Å². The van der Waals surface area contributed by atoms with E-state index in [2.05, 4.69) is 26.2 Å². The molecule has 2 rings (SSSR count). The number of allylic oxidation sites excluding steroid dienone is 10. The fourth-order valence-electron chi connectivity index (χ4n) is 3.21. The summed E-state index contributed by atoms with van der Waals surface area (Å²) in [6.45, 7) is 15.8. The maximum absolute atomic E-state index is 14.1. The van der Waals surface area contributed by atoms with E-state index in [4.69, 9.17) is 5.73 Å². The maximum atomic E-state index is 14.1. The topological polar surface area (TPSA) is 26.0 Å². The van der Waals surface area contributed by atoms with Crippen LogP contribution in [0.1, 0.15) is 46.1 Å². The van der Waals surface area contributed by atoms with Crippen molar-refractivity contribution in [1.29, 1.82) is 0 Å². The fraction of sp³-hybridized carbons (Fsp3) is 0.280. The number of benzene rings is 1. The lowest BCUT2D eigenvalue weighted by Gasteiger charge is -2.15. The fourth-order valence-corrected chi connectivity index (χ4v) is 3.21. The molecular weight excluding hydrogens is 352 g/mol. The molecular formula is C25H29F2N. The third kappa shape index (κ3) is 4.78. The molecule has 0 unspecified atom stereocenters. The van der Waals surface area contributed by atoms with Gasteiger partial charge in [-0.1, -0.05) is 43.0 Å². The van der Waals surface area contributed by atoms with E-state index in [9.17, 15) is 8.78 Å². The molecule has 1 aromatic rings. The van der Waals surface area contributed by atoms with Crippen molar-refractivity contribution in [2.24, 2.45) is 5.92 Å². The molecule has 28 heavy (non-hydrogen) atoms.